The van der Waals surface area contributed by atoms with E-state index in [4.69, 9.17) is 0 Å². The summed E-state index contributed by atoms with van der Waals surface area (Å²) in [6.45, 7) is 5.97. The van der Waals surface area contributed by atoms with Crippen molar-refractivity contribution in [2.24, 2.45) is 0 Å². The largest absolute Gasteiger partial charge is 0.297 e. The fourth-order valence-corrected chi connectivity index (χ4v) is 2.86. The first-order valence-corrected chi connectivity index (χ1v) is 7.89. The maximum Gasteiger partial charge on any atom is 0.238 e. The Balaban J connectivity index is 2.62. The molecule has 0 aromatic heterocycles. The van der Waals surface area contributed by atoms with Crippen LogP contribution in [0.2, 0.25) is 18.6 Å². The zero-order valence-electron chi connectivity index (χ0n) is 8.39. The molecule has 0 saturated carbocycles. The third-order valence-corrected chi connectivity index (χ3v) is 5.38. The van der Waals surface area contributed by atoms with Gasteiger partial charge in [-0.05, 0) is 44.3 Å². The highest BCUT2D eigenvalue weighted by Gasteiger charge is 2.31. The van der Waals surface area contributed by atoms with Crippen LogP contribution in [0, 0.1) is 0 Å². The van der Waals surface area contributed by atoms with E-state index >= 15 is 0 Å². The second kappa shape index (κ2) is 3.75. The van der Waals surface area contributed by atoms with Gasteiger partial charge in [-0.3, -0.25) is 4.80 Å². The van der Waals surface area contributed by atoms with Crippen LogP contribution in [0.5, 0.6) is 0 Å². The maximum absolute atomic E-state index is 11.8. The van der Waals surface area contributed by atoms with Crippen LogP contribution < -0.4 is 0 Å². The monoisotopic (exact) mass is 183 g/mol. The lowest BCUT2D eigenvalue weighted by Crippen LogP contribution is -2.30. The molecule has 0 aliphatic heterocycles. The van der Waals surface area contributed by atoms with E-state index in [1.54, 1.807) is 0 Å². The minimum atomic E-state index is -2.17. The van der Waals surface area contributed by atoms with E-state index in [-0.39, 0.29) is 0 Å². The Morgan fingerprint density at radius 2 is 2.08 bits per heavy atom. The van der Waals surface area contributed by atoms with Crippen LogP contribution in [0.3, 0.4) is 0 Å². The topological polar surface area (TPSA) is 19.9 Å². The minimum absolute atomic E-state index is 0.345. The number of hydrogen-bond acceptors (Lipinski definition) is 0. The van der Waals surface area contributed by atoms with Crippen molar-refractivity contribution in [3.63, 3.8) is 0 Å². The van der Waals surface area contributed by atoms with Gasteiger partial charge in [0, 0.05) is 0 Å². The standard InChI is InChI=1S/C10H19OSi/c1-9(12(2,3)11)10-7-5-4-6-8-10/h7,9H,4-6,8H2,1-3H3. The Kier molecular flexibility index (Phi) is 3.13. The van der Waals surface area contributed by atoms with Crippen molar-refractivity contribution < 1.29 is 4.80 Å². The first kappa shape index (κ1) is 10.0. The average Bonchev–Trinajstić information content (AvgIpc) is 2.03. The highest BCUT2D eigenvalue weighted by Crippen LogP contribution is 2.33. The molecule has 12 heavy (non-hydrogen) atoms. The first-order chi connectivity index (χ1) is 5.52. The van der Waals surface area contributed by atoms with E-state index in [0.29, 0.717) is 5.54 Å². The smallest absolute Gasteiger partial charge is 0.238 e. The molecule has 0 aromatic rings. The molecule has 0 aromatic carbocycles. The van der Waals surface area contributed by atoms with Crippen LogP contribution in [0.4, 0.5) is 0 Å². The summed E-state index contributed by atoms with van der Waals surface area (Å²) in [5.74, 6) is 0. The van der Waals surface area contributed by atoms with E-state index in [0.717, 1.165) is 0 Å². The van der Waals surface area contributed by atoms with Crippen LogP contribution >= 0.6 is 0 Å². The molecule has 69 valence electrons. The molecule has 1 atom stereocenters. The molecule has 0 bridgehead atoms. The van der Waals surface area contributed by atoms with Gasteiger partial charge in [-0.25, -0.2) is 0 Å². The molecule has 1 aliphatic carbocycles. The third kappa shape index (κ3) is 2.46. The maximum atomic E-state index is 11.8. The Morgan fingerprint density at radius 3 is 2.50 bits per heavy atom. The van der Waals surface area contributed by atoms with Gasteiger partial charge < -0.3 is 0 Å². The zero-order valence-corrected chi connectivity index (χ0v) is 9.39. The van der Waals surface area contributed by atoms with Crippen molar-refractivity contribution in [2.45, 2.75) is 51.2 Å². The van der Waals surface area contributed by atoms with Crippen LogP contribution in [0.15, 0.2) is 11.6 Å². The van der Waals surface area contributed by atoms with Gasteiger partial charge in [0.15, 0.2) is 0 Å². The molecule has 0 spiro atoms. The number of allylic oxidation sites excluding steroid dienone is 2. The molecule has 1 nitrogen and oxygen atoms in total. The molecule has 0 saturated heterocycles. The molecule has 0 fully saturated rings. The predicted octanol–water partition coefficient (Wildman–Crippen LogP) is 3.51. The Hall–Kier alpha value is -0.0831. The summed E-state index contributed by atoms with van der Waals surface area (Å²) in [6, 6.07) is 0. The number of hydrogen-bond donors (Lipinski definition) is 0. The minimum Gasteiger partial charge on any atom is -0.297 e. The predicted molar refractivity (Wildman–Crippen MR) is 54.1 cm³/mol. The highest BCUT2D eigenvalue weighted by molar-refractivity contribution is 6.71. The zero-order chi connectivity index (χ0) is 9.19. The highest BCUT2D eigenvalue weighted by atomic mass is 28.4. The summed E-state index contributed by atoms with van der Waals surface area (Å²) in [6.07, 6.45) is 7.29. The van der Waals surface area contributed by atoms with Crippen LogP contribution in [0.25, 0.3) is 0 Å². The fourth-order valence-electron chi connectivity index (χ4n) is 1.70. The van der Waals surface area contributed by atoms with Gasteiger partial charge in [0.2, 0.25) is 8.32 Å². The molecule has 1 aliphatic rings. The van der Waals surface area contributed by atoms with Gasteiger partial charge in [-0.15, -0.1) is 0 Å². The van der Waals surface area contributed by atoms with E-state index in [1.807, 2.05) is 13.1 Å². The van der Waals surface area contributed by atoms with E-state index < -0.39 is 8.32 Å². The van der Waals surface area contributed by atoms with Gasteiger partial charge in [-0.1, -0.05) is 18.6 Å². The molecular weight excluding hydrogens is 164 g/mol. The summed E-state index contributed by atoms with van der Waals surface area (Å²) in [7, 11) is -2.17. The molecule has 1 unspecified atom stereocenters. The lowest BCUT2D eigenvalue weighted by molar-refractivity contribution is 0.417. The van der Waals surface area contributed by atoms with Gasteiger partial charge in [0.1, 0.15) is 0 Å². The first-order valence-electron chi connectivity index (χ1n) is 4.91. The molecule has 1 rings (SSSR count). The van der Waals surface area contributed by atoms with Crippen molar-refractivity contribution in [3.05, 3.63) is 11.6 Å². The van der Waals surface area contributed by atoms with Crippen molar-refractivity contribution in [1.82, 2.24) is 0 Å². The van der Waals surface area contributed by atoms with Crippen LogP contribution in [0.1, 0.15) is 32.6 Å². The quantitative estimate of drug-likeness (QED) is 0.461. The summed E-state index contributed by atoms with van der Waals surface area (Å²) < 4.78 is 0. The molecular formula is C10H19OSi. The Morgan fingerprint density at radius 1 is 1.42 bits per heavy atom. The van der Waals surface area contributed by atoms with Crippen LogP contribution in [-0.4, -0.2) is 8.32 Å². The molecule has 0 heterocycles. The molecule has 2 heteroatoms. The average molecular weight is 183 g/mol. The second-order valence-corrected chi connectivity index (χ2v) is 8.42. The number of rotatable bonds is 2. The fraction of sp³-hybridized carbons (Fsp3) is 0.800. The van der Waals surface area contributed by atoms with Gasteiger partial charge >= 0.3 is 0 Å². The summed E-state index contributed by atoms with van der Waals surface area (Å²) >= 11 is 0. The van der Waals surface area contributed by atoms with Crippen molar-refractivity contribution >= 4 is 8.32 Å². The summed E-state index contributed by atoms with van der Waals surface area (Å²) in [5.41, 5.74) is 1.80. The van der Waals surface area contributed by atoms with Gasteiger partial charge in [0.05, 0.1) is 0 Å². The Labute approximate surface area is 76.6 Å². The Bertz CT molecular complexity index is 179. The SMILES string of the molecule is CC(C1=CCCCC1)[Si](C)(C)[O]. The second-order valence-electron chi connectivity index (χ2n) is 4.35. The van der Waals surface area contributed by atoms with E-state index in [1.165, 1.54) is 31.3 Å². The van der Waals surface area contributed by atoms with Crippen LogP contribution in [-0.2, 0) is 4.80 Å². The molecule has 1 radical (unpaired) electrons. The van der Waals surface area contributed by atoms with Gasteiger partial charge in [0.25, 0.3) is 0 Å². The van der Waals surface area contributed by atoms with E-state index in [9.17, 15) is 4.80 Å². The van der Waals surface area contributed by atoms with Crippen molar-refractivity contribution in [2.75, 3.05) is 0 Å². The third-order valence-electron chi connectivity index (χ3n) is 2.93. The van der Waals surface area contributed by atoms with Crippen molar-refractivity contribution in [3.8, 4) is 0 Å². The molecule has 0 N–H and O–H groups in total. The van der Waals surface area contributed by atoms with Crippen molar-refractivity contribution in [1.29, 1.82) is 0 Å². The summed E-state index contributed by atoms with van der Waals surface area (Å²) in [4.78, 5) is 11.8. The lowest BCUT2D eigenvalue weighted by atomic mass is 9.97. The lowest BCUT2D eigenvalue weighted by Gasteiger charge is -2.25. The van der Waals surface area contributed by atoms with Gasteiger partial charge in [-0.2, -0.15) is 0 Å². The van der Waals surface area contributed by atoms with E-state index in [2.05, 4.69) is 13.0 Å². The summed E-state index contributed by atoms with van der Waals surface area (Å²) in [5, 5.41) is 0. The molecule has 0 amide bonds. The normalized spacial score (nSPS) is 21.8.